The van der Waals surface area contributed by atoms with Gasteiger partial charge in [0.05, 0.1) is 22.9 Å². The highest BCUT2D eigenvalue weighted by atomic mass is 35.5. The predicted molar refractivity (Wildman–Crippen MR) is 116 cm³/mol. The molecule has 1 aromatic rings. The highest BCUT2D eigenvalue weighted by molar-refractivity contribution is 6.33. The quantitative estimate of drug-likeness (QED) is 0.653. The number of carbonyl (C=O) groups excluding carboxylic acids is 1. The normalized spacial score (nSPS) is 23.1. The van der Waals surface area contributed by atoms with Gasteiger partial charge in [-0.1, -0.05) is 55.1 Å². The van der Waals surface area contributed by atoms with Crippen molar-refractivity contribution in [1.29, 1.82) is 0 Å². The van der Waals surface area contributed by atoms with Crippen LogP contribution in [0.1, 0.15) is 26.2 Å². The second-order valence-electron chi connectivity index (χ2n) is 7.59. The molecule has 2 fully saturated rings. The Morgan fingerprint density at radius 1 is 1.32 bits per heavy atom. The van der Waals surface area contributed by atoms with E-state index in [1.165, 1.54) is 5.57 Å². The van der Waals surface area contributed by atoms with E-state index in [1.807, 2.05) is 48.2 Å². The summed E-state index contributed by atoms with van der Waals surface area (Å²) >= 11 is 6.37. The van der Waals surface area contributed by atoms with Crippen LogP contribution in [0, 0.1) is 0 Å². The molecule has 0 bridgehead atoms. The first-order valence-corrected chi connectivity index (χ1v) is 10.3. The maximum atomic E-state index is 12.7. The van der Waals surface area contributed by atoms with Crippen molar-refractivity contribution in [3.8, 4) is 0 Å². The zero-order valence-electron chi connectivity index (χ0n) is 16.6. The van der Waals surface area contributed by atoms with Gasteiger partial charge in [0.25, 0.3) is 5.91 Å². The Labute approximate surface area is 173 Å². The molecular formula is C23H29ClN2O2. The summed E-state index contributed by atoms with van der Waals surface area (Å²) in [4.78, 5) is 17.0. The molecule has 150 valence electrons. The maximum absolute atomic E-state index is 12.7. The Morgan fingerprint density at radius 2 is 2.04 bits per heavy atom. The summed E-state index contributed by atoms with van der Waals surface area (Å²) in [5, 5.41) is 0.600. The van der Waals surface area contributed by atoms with Crippen LogP contribution >= 0.6 is 11.6 Å². The molecule has 1 aromatic carbocycles. The van der Waals surface area contributed by atoms with Crippen LogP contribution in [0.5, 0.6) is 0 Å². The second kappa shape index (κ2) is 9.08. The van der Waals surface area contributed by atoms with Crippen LogP contribution in [-0.2, 0) is 9.53 Å². The number of hydrogen-bond donors (Lipinski definition) is 0. The summed E-state index contributed by atoms with van der Waals surface area (Å²) in [5.41, 5.74) is 1.67. The van der Waals surface area contributed by atoms with Gasteiger partial charge in [-0.25, -0.2) is 0 Å². The van der Waals surface area contributed by atoms with E-state index < -0.39 is 6.10 Å². The number of nitrogens with zero attached hydrogens (tertiary/aromatic N) is 2. The number of likely N-dealkylation sites (tertiary alicyclic amines) is 1. The van der Waals surface area contributed by atoms with Gasteiger partial charge in [0.1, 0.15) is 6.10 Å². The number of rotatable bonds is 6. The summed E-state index contributed by atoms with van der Waals surface area (Å²) in [6.45, 7) is 12.9. The van der Waals surface area contributed by atoms with Crippen LogP contribution in [0.3, 0.4) is 0 Å². The van der Waals surface area contributed by atoms with E-state index in [4.69, 9.17) is 16.3 Å². The first-order valence-electron chi connectivity index (χ1n) is 9.88. The molecule has 2 heterocycles. The number of piperidine rings is 1. The topological polar surface area (TPSA) is 32.8 Å². The third kappa shape index (κ3) is 4.57. The van der Waals surface area contributed by atoms with Crippen molar-refractivity contribution in [2.75, 3.05) is 31.1 Å². The van der Waals surface area contributed by atoms with E-state index in [2.05, 4.69) is 18.1 Å². The fraction of sp³-hybridized carbons (Fsp3) is 0.435. The molecule has 4 nitrogen and oxygen atoms in total. The molecule has 3 rings (SSSR count). The molecule has 0 aliphatic carbocycles. The molecule has 0 N–H and O–H groups in total. The lowest BCUT2D eigenvalue weighted by Crippen LogP contribution is -2.61. The summed E-state index contributed by atoms with van der Waals surface area (Å²) in [6.07, 6.45) is 8.02. The van der Waals surface area contributed by atoms with E-state index >= 15 is 0 Å². The summed E-state index contributed by atoms with van der Waals surface area (Å²) < 4.78 is 6.25. The van der Waals surface area contributed by atoms with Crippen LogP contribution in [0.4, 0.5) is 5.69 Å². The summed E-state index contributed by atoms with van der Waals surface area (Å²) in [6, 6.07) is 7.53. The van der Waals surface area contributed by atoms with Gasteiger partial charge < -0.3 is 14.5 Å². The number of ether oxygens (including phenoxy) is 1. The maximum Gasteiger partial charge on any atom is 0.255 e. The zero-order valence-corrected chi connectivity index (χ0v) is 17.3. The average molecular weight is 401 g/mol. The molecule has 1 atom stereocenters. The number of allylic oxidation sites excluding steroid dienone is 3. The molecule has 2 aliphatic rings. The van der Waals surface area contributed by atoms with Crippen LogP contribution in [0.2, 0.25) is 5.02 Å². The molecule has 2 saturated heterocycles. The molecule has 28 heavy (non-hydrogen) atoms. The number of hydrogen-bond acceptors (Lipinski definition) is 3. The van der Waals surface area contributed by atoms with Gasteiger partial charge in [-0.15, -0.1) is 0 Å². The molecule has 0 aromatic heterocycles. The Hall–Kier alpha value is -1.88. The van der Waals surface area contributed by atoms with Gasteiger partial charge in [-0.05, 0) is 43.9 Å². The minimum atomic E-state index is -0.459. The highest BCUT2D eigenvalue weighted by Crippen LogP contribution is 2.37. The van der Waals surface area contributed by atoms with Crippen LogP contribution in [0.15, 0.2) is 61.2 Å². The fourth-order valence-corrected chi connectivity index (χ4v) is 4.31. The van der Waals surface area contributed by atoms with E-state index in [9.17, 15) is 4.79 Å². The van der Waals surface area contributed by atoms with Crippen molar-refractivity contribution in [2.45, 2.75) is 37.9 Å². The Morgan fingerprint density at radius 3 is 2.68 bits per heavy atom. The van der Waals surface area contributed by atoms with Gasteiger partial charge in [0.15, 0.2) is 0 Å². The SMILES string of the molecule is C=C/C=C(\C=C)CCN1CCC2(CC1)CN(c1ccccc1Cl)C(=O)C(C)O2. The molecule has 1 amide bonds. The molecule has 5 heteroatoms. The van der Waals surface area contributed by atoms with Gasteiger partial charge in [0, 0.05) is 19.6 Å². The Kier molecular flexibility index (Phi) is 6.76. The Bertz CT molecular complexity index is 766. The van der Waals surface area contributed by atoms with E-state index in [1.54, 1.807) is 6.08 Å². The number of halogens is 1. The van der Waals surface area contributed by atoms with Crippen molar-refractivity contribution in [3.63, 3.8) is 0 Å². The van der Waals surface area contributed by atoms with Crippen molar-refractivity contribution >= 4 is 23.2 Å². The lowest BCUT2D eigenvalue weighted by atomic mass is 9.88. The monoisotopic (exact) mass is 400 g/mol. The molecule has 2 aliphatic heterocycles. The number of para-hydroxylation sites is 1. The van der Waals surface area contributed by atoms with E-state index in [0.29, 0.717) is 11.6 Å². The summed E-state index contributed by atoms with van der Waals surface area (Å²) in [5.74, 6) is -0.0219. The number of morpholine rings is 1. The van der Waals surface area contributed by atoms with Crippen LogP contribution < -0.4 is 4.90 Å². The summed E-state index contributed by atoms with van der Waals surface area (Å²) in [7, 11) is 0. The van der Waals surface area contributed by atoms with Gasteiger partial charge in [0.2, 0.25) is 0 Å². The first kappa shape index (κ1) is 20.8. The van der Waals surface area contributed by atoms with Crippen LogP contribution in [0.25, 0.3) is 0 Å². The molecular weight excluding hydrogens is 372 g/mol. The average Bonchev–Trinajstić information content (AvgIpc) is 2.70. The number of carbonyl (C=O) groups is 1. The smallest absolute Gasteiger partial charge is 0.255 e. The molecule has 1 spiro atoms. The van der Waals surface area contributed by atoms with Gasteiger partial charge in [-0.2, -0.15) is 0 Å². The third-order valence-corrected chi connectivity index (χ3v) is 6.03. The first-order chi connectivity index (χ1) is 13.5. The van der Waals surface area contributed by atoms with Crippen molar-refractivity contribution in [1.82, 2.24) is 4.90 Å². The Balaban J connectivity index is 1.66. The van der Waals surface area contributed by atoms with Crippen molar-refractivity contribution in [2.24, 2.45) is 0 Å². The third-order valence-electron chi connectivity index (χ3n) is 5.71. The van der Waals surface area contributed by atoms with Gasteiger partial charge in [-0.3, -0.25) is 4.79 Å². The molecule has 0 radical (unpaired) electrons. The minimum absolute atomic E-state index is 0.0219. The van der Waals surface area contributed by atoms with Gasteiger partial charge >= 0.3 is 0 Å². The van der Waals surface area contributed by atoms with E-state index in [-0.39, 0.29) is 11.5 Å². The molecule has 1 unspecified atom stereocenters. The molecule has 0 saturated carbocycles. The highest BCUT2D eigenvalue weighted by Gasteiger charge is 2.46. The number of amides is 1. The number of benzene rings is 1. The second-order valence-corrected chi connectivity index (χ2v) is 8.00. The predicted octanol–water partition coefficient (Wildman–Crippen LogP) is 4.61. The standard InChI is InChI=1S/C23H29ClN2O2/c1-4-8-19(5-2)11-14-25-15-12-23(13-16-25)17-26(22(27)18(3)28-23)21-10-7-6-9-20(21)24/h4-10,18H,1-2,11-17H2,3H3/b19-8+. The minimum Gasteiger partial charge on any atom is -0.360 e. The zero-order chi connectivity index (χ0) is 20.1. The van der Waals surface area contributed by atoms with Crippen molar-refractivity contribution < 1.29 is 9.53 Å². The van der Waals surface area contributed by atoms with Crippen LogP contribution in [-0.4, -0.2) is 48.7 Å². The fourth-order valence-electron chi connectivity index (χ4n) is 4.07. The largest absolute Gasteiger partial charge is 0.360 e. The lowest BCUT2D eigenvalue weighted by molar-refractivity contribution is -0.161. The lowest BCUT2D eigenvalue weighted by Gasteiger charge is -2.49. The van der Waals surface area contributed by atoms with E-state index in [0.717, 1.165) is 44.6 Å². The number of anilines is 1. The van der Waals surface area contributed by atoms with Crippen molar-refractivity contribution in [3.05, 3.63) is 66.2 Å².